The van der Waals surface area contributed by atoms with Crippen LogP contribution in [0.1, 0.15) is 27.2 Å². The van der Waals surface area contributed by atoms with Gasteiger partial charge in [-0.2, -0.15) is 0 Å². The highest BCUT2D eigenvalue weighted by Gasteiger charge is 2.38. The van der Waals surface area contributed by atoms with Crippen LogP contribution in [-0.4, -0.2) is 69.0 Å². The van der Waals surface area contributed by atoms with E-state index in [2.05, 4.69) is 5.09 Å². The summed E-state index contributed by atoms with van der Waals surface area (Å²) in [6.07, 6.45) is -0.0299. The molecular weight excluding hydrogens is 382 g/mol. The first kappa shape index (κ1) is 24.2. The van der Waals surface area contributed by atoms with Gasteiger partial charge in [0.15, 0.2) is 0 Å². The summed E-state index contributed by atoms with van der Waals surface area (Å²) in [5.41, 5.74) is 10.9. The average Bonchev–Trinajstić information content (AvgIpc) is 2.62. The molecule has 10 nitrogen and oxygen atoms in total. The number of hydrogen-bond donors (Lipinski definition) is 3. The molecule has 1 aliphatic rings. The molecule has 0 aliphatic carbocycles. The Labute approximate surface area is 156 Å². The van der Waals surface area contributed by atoms with Gasteiger partial charge in [-0.25, -0.2) is 9.76 Å². The van der Waals surface area contributed by atoms with E-state index < -0.39 is 22.0 Å². The zero-order valence-electron chi connectivity index (χ0n) is 16.1. The first-order valence-corrected chi connectivity index (χ1v) is 11.8. The summed E-state index contributed by atoms with van der Waals surface area (Å²) in [6, 6.07) is 0. The molecule has 156 valence electrons. The molecule has 5 N–H and O–H groups in total. The van der Waals surface area contributed by atoms with Crippen LogP contribution < -0.4 is 16.3 Å². The van der Waals surface area contributed by atoms with Crippen LogP contribution in [0.4, 0.5) is 0 Å². The highest BCUT2D eigenvalue weighted by molar-refractivity contribution is 7.54. The highest BCUT2D eigenvalue weighted by atomic mass is 31.2. The maximum absolute atomic E-state index is 13.3. The lowest BCUT2D eigenvalue weighted by Crippen LogP contribution is -2.48. The summed E-state index contributed by atoms with van der Waals surface area (Å²) in [4.78, 5) is 0. The number of nitrogens with two attached hydrogens (primary N) is 2. The smallest absolute Gasteiger partial charge is 0.343 e. The molecule has 1 rings (SSSR count). The van der Waals surface area contributed by atoms with Gasteiger partial charge in [0.25, 0.3) is 8.18 Å². The van der Waals surface area contributed by atoms with E-state index in [1.807, 2.05) is 20.8 Å². The van der Waals surface area contributed by atoms with Gasteiger partial charge >= 0.3 is 7.67 Å². The lowest BCUT2D eigenvalue weighted by molar-refractivity contribution is -0.0753. The standard InChI is InChI=1S/C14H34N4O6P2/c1-5-11(2)23-13(6-15)10-22-26(20,17-4)18-7-12(3)24-14(8-18)9-21-25(16)19/h11-14,25H,5-10,15H2,1-4H3,(H2,16,19)(H,17,20)/t11-,12-,13-,14-,26?/m0/s1. The highest BCUT2D eigenvalue weighted by Crippen LogP contribution is 2.47. The molecule has 1 aliphatic heterocycles. The van der Waals surface area contributed by atoms with E-state index in [1.54, 1.807) is 11.7 Å². The van der Waals surface area contributed by atoms with E-state index in [-0.39, 0.29) is 38.1 Å². The van der Waals surface area contributed by atoms with E-state index in [0.717, 1.165) is 6.42 Å². The van der Waals surface area contributed by atoms with E-state index >= 15 is 0 Å². The van der Waals surface area contributed by atoms with Crippen molar-refractivity contribution in [2.75, 3.05) is 39.9 Å². The SMILES string of the molecule is CC[C@H](C)O[C@@H](CN)COP(=O)(NC)N1C[C@@H](CO[PH](N)=O)O[C@@H](C)C1. The van der Waals surface area contributed by atoms with E-state index in [9.17, 15) is 9.13 Å². The molecule has 0 aromatic rings. The summed E-state index contributed by atoms with van der Waals surface area (Å²) in [5, 5.41) is 2.79. The van der Waals surface area contributed by atoms with Crippen LogP contribution in [0.15, 0.2) is 0 Å². The third-order valence-corrected chi connectivity index (χ3v) is 6.66. The molecule has 0 aromatic heterocycles. The van der Waals surface area contributed by atoms with Gasteiger partial charge < -0.3 is 24.3 Å². The summed E-state index contributed by atoms with van der Waals surface area (Å²) in [7, 11) is -4.27. The molecule has 0 aromatic carbocycles. The third kappa shape index (κ3) is 8.02. The van der Waals surface area contributed by atoms with Crippen LogP contribution in [0.25, 0.3) is 0 Å². The Balaban J connectivity index is 2.70. The predicted octanol–water partition coefficient (Wildman–Crippen LogP) is 0.927. The second kappa shape index (κ2) is 11.9. The van der Waals surface area contributed by atoms with Gasteiger partial charge in [-0.3, -0.25) is 14.6 Å². The predicted molar refractivity (Wildman–Crippen MR) is 101 cm³/mol. The topological polar surface area (TPSA) is 138 Å². The zero-order chi connectivity index (χ0) is 19.7. The minimum absolute atomic E-state index is 0.0467. The molecule has 0 spiro atoms. The van der Waals surface area contributed by atoms with Crippen molar-refractivity contribution in [3.05, 3.63) is 0 Å². The summed E-state index contributed by atoms with van der Waals surface area (Å²) < 4.78 is 48.1. The zero-order valence-corrected chi connectivity index (χ0v) is 17.9. The van der Waals surface area contributed by atoms with Gasteiger partial charge in [0.05, 0.1) is 37.6 Å². The fourth-order valence-corrected chi connectivity index (χ4v) is 4.70. The van der Waals surface area contributed by atoms with Gasteiger partial charge in [0, 0.05) is 19.6 Å². The van der Waals surface area contributed by atoms with Crippen LogP contribution in [0.3, 0.4) is 0 Å². The van der Waals surface area contributed by atoms with Gasteiger partial charge in [-0.05, 0) is 27.3 Å². The first-order chi connectivity index (χ1) is 12.2. The Morgan fingerprint density at radius 3 is 2.69 bits per heavy atom. The van der Waals surface area contributed by atoms with Gasteiger partial charge in [-0.1, -0.05) is 6.92 Å². The number of ether oxygens (including phenoxy) is 2. The number of nitrogens with zero attached hydrogens (tertiary/aromatic N) is 1. The maximum Gasteiger partial charge on any atom is 0.343 e. The van der Waals surface area contributed by atoms with Crippen molar-refractivity contribution < 1.29 is 27.7 Å². The Hall–Kier alpha value is 0.140. The molecule has 0 amide bonds. The normalized spacial score (nSPS) is 27.6. The van der Waals surface area contributed by atoms with Crippen molar-refractivity contribution >= 4 is 15.8 Å². The number of morpholine rings is 1. The molecule has 0 radical (unpaired) electrons. The monoisotopic (exact) mass is 416 g/mol. The lowest BCUT2D eigenvalue weighted by atomic mass is 10.2. The number of rotatable bonds is 12. The molecular formula is C14H34N4O6P2. The van der Waals surface area contributed by atoms with E-state index in [4.69, 9.17) is 29.8 Å². The number of nitrogens with one attached hydrogen (secondary N) is 1. The Kier molecular flexibility index (Phi) is 11.0. The van der Waals surface area contributed by atoms with Crippen molar-refractivity contribution in [3.8, 4) is 0 Å². The van der Waals surface area contributed by atoms with Crippen molar-refractivity contribution in [1.29, 1.82) is 0 Å². The van der Waals surface area contributed by atoms with Crippen LogP contribution in [0.2, 0.25) is 0 Å². The quantitative estimate of drug-likeness (QED) is 0.394. The summed E-state index contributed by atoms with van der Waals surface area (Å²) in [5.74, 6) is 0. The molecule has 1 heterocycles. The second-order valence-corrected chi connectivity index (χ2v) is 9.56. The van der Waals surface area contributed by atoms with Crippen molar-refractivity contribution in [3.63, 3.8) is 0 Å². The average molecular weight is 416 g/mol. The van der Waals surface area contributed by atoms with Gasteiger partial charge in [-0.15, -0.1) is 0 Å². The molecule has 2 unspecified atom stereocenters. The van der Waals surface area contributed by atoms with Crippen LogP contribution >= 0.6 is 15.8 Å². The van der Waals surface area contributed by atoms with Gasteiger partial charge in [0.2, 0.25) is 0 Å². The molecule has 1 saturated heterocycles. The van der Waals surface area contributed by atoms with E-state index in [1.165, 1.54) is 0 Å². The van der Waals surface area contributed by atoms with Crippen molar-refractivity contribution in [2.45, 2.75) is 51.6 Å². The molecule has 0 saturated carbocycles. The third-order valence-electron chi connectivity index (χ3n) is 4.07. The van der Waals surface area contributed by atoms with Crippen LogP contribution in [0, 0.1) is 0 Å². The minimum Gasteiger partial charge on any atom is -0.372 e. The molecule has 6 atom stereocenters. The molecule has 26 heavy (non-hydrogen) atoms. The maximum atomic E-state index is 13.3. The molecule has 12 heteroatoms. The van der Waals surface area contributed by atoms with Crippen molar-refractivity contribution in [1.82, 2.24) is 9.76 Å². The fraction of sp³-hybridized carbons (Fsp3) is 1.00. The molecule has 0 bridgehead atoms. The van der Waals surface area contributed by atoms with Gasteiger partial charge in [0.1, 0.15) is 0 Å². The van der Waals surface area contributed by atoms with Crippen LogP contribution in [-0.2, 0) is 27.7 Å². The first-order valence-electron chi connectivity index (χ1n) is 8.86. The number of hydrogen-bond acceptors (Lipinski definition) is 7. The minimum atomic E-state index is -3.31. The summed E-state index contributed by atoms with van der Waals surface area (Å²) >= 11 is 0. The second-order valence-electron chi connectivity index (χ2n) is 6.32. The summed E-state index contributed by atoms with van der Waals surface area (Å²) in [6.45, 7) is 7.02. The Bertz CT molecular complexity index is 486. The Morgan fingerprint density at radius 1 is 1.46 bits per heavy atom. The van der Waals surface area contributed by atoms with Crippen LogP contribution in [0.5, 0.6) is 0 Å². The Morgan fingerprint density at radius 2 is 2.15 bits per heavy atom. The van der Waals surface area contributed by atoms with Crippen molar-refractivity contribution in [2.24, 2.45) is 11.2 Å². The fourth-order valence-electron chi connectivity index (χ4n) is 2.56. The largest absolute Gasteiger partial charge is 0.372 e. The molecule has 1 fully saturated rings. The van der Waals surface area contributed by atoms with E-state index in [0.29, 0.717) is 13.1 Å². The lowest BCUT2D eigenvalue weighted by Gasteiger charge is -2.39.